The zero-order valence-electron chi connectivity index (χ0n) is 18.0. The molecule has 3 aromatic carbocycles. The molecule has 0 bridgehead atoms. The first kappa shape index (κ1) is 23.8. The Balaban J connectivity index is 1.64. The Morgan fingerprint density at radius 1 is 1.09 bits per heavy atom. The quantitative estimate of drug-likeness (QED) is 0.297. The van der Waals surface area contributed by atoms with E-state index in [2.05, 4.69) is 32.5 Å². The van der Waals surface area contributed by atoms with Crippen molar-refractivity contribution in [3.8, 4) is 17.6 Å². The van der Waals surface area contributed by atoms with Gasteiger partial charge in [-0.3, -0.25) is 4.79 Å². The molecule has 1 amide bonds. The van der Waals surface area contributed by atoms with Gasteiger partial charge >= 0.3 is 0 Å². The van der Waals surface area contributed by atoms with E-state index in [9.17, 15) is 4.79 Å². The van der Waals surface area contributed by atoms with Crippen LogP contribution in [-0.4, -0.2) is 25.3 Å². The lowest BCUT2D eigenvalue weighted by atomic mass is 10.1. The number of rotatable bonds is 10. The molecule has 3 aromatic rings. The Hall–Kier alpha value is -3.83. The smallest absolute Gasteiger partial charge is 0.262 e. The number of benzene rings is 3. The Bertz CT molecular complexity index is 1160. The number of halogens is 1. The van der Waals surface area contributed by atoms with E-state index in [1.807, 2.05) is 37.3 Å². The molecular formula is C25H22BrN3O4. The summed E-state index contributed by atoms with van der Waals surface area (Å²) in [5.41, 5.74) is 2.70. The molecule has 0 aliphatic heterocycles. The standard InChI is InChI=1S/C25H22BrN3O4/c1-2-31-23-12-20(15-28-33-16-19-9-7-6-8-18(19)14-27)22(26)13-24(23)32-17-25(30)29-21-10-4-3-5-11-21/h3-13,15H,2,16-17H2,1H3,(H,29,30)/b28-15-. The number of para-hydroxylation sites is 1. The van der Waals surface area contributed by atoms with E-state index in [1.165, 1.54) is 6.21 Å². The molecule has 0 aromatic heterocycles. The zero-order chi connectivity index (χ0) is 23.5. The molecule has 33 heavy (non-hydrogen) atoms. The molecule has 1 N–H and O–H groups in total. The highest BCUT2D eigenvalue weighted by Gasteiger charge is 2.12. The van der Waals surface area contributed by atoms with Crippen molar-refractivity contribution in [2.75, 3.05) is 18.5 Å². The summed E-state index contributed by atoms with van der Waals surface area (Å²) in [6.07, 6.45) is 1.54. The number of nitrogens with one attached hydrogen (secondary N) is 1. The topological polar surface area (TPSA) is 92.9 Å². The Labute approximate surface area is 200 Å². The van der Waals surface area contributed by atoms with Crippen LogP contribution in [0.5, 0.6) is 11.5 Å². The van der Waals surface area contributed by atoms with Gasteiger partial charge in [0.25, 0.3) is 5.91 Å². The number of oxime groups is 1. The summed E-state index contributed by atoms with van der Waals surface area (Å²) in [7, 11) is 0. The van der Waals surface area contributed by atoms with Crippen LogP contribution in [0.1, 0.15) is 23.6 Å². The van der Waals surface area contributed by atoms with Crippen LogP contribution in [0, 0.1) is 11.3 Å². The molecule has 3 rings (SSSR count). The van der Waals surface area contributed by atoms with Crippen molar-refractivity contribution < 1.29 is 19.1 Å². The zero-order valence-corrected chi connectivity index (χ0v) is 19.5. The monoisotopic (exact) mass is 507 g/mol. The third-order valence-electron chi connectivity index (χ3n) is 4.40. The lowest BCUT2D eigenvalue weighted by Crippen LogP contribution is -2.20. The molecule has 0 saturated heterocycles. The van der Waals surface area contributed by atoms with Crippen LogP contribution in [0.2, 0.25) is 0 Å². The van der Waals surface area contributed by atoms with Crippen molar-refractivity contribution in [3.05, 3.63) is 87.9 Å². The highest BCUT2D eigenvalue weighted by Crippen LogP contribution is 2.33. The van der Waals surface area contributed by atoms with Crippen LogP contribution in [0.4, 0.5) is 5.69 Å². The summed E-state index contributed by atoms with van der Waals surface area (Å²) in [6, 6.07) is 21.9. The van der Waals surface area contributed by atoms with E-state index < -0.39 is 0 Å². The molecule has 0 unspecified atom stereocenters. The summed E-state index contributed by atoms with van der Waals surface area (Å²) in [5, 5.41) is 15.9. The normalized spacial score (nSPS) is 10.5. The van der Waals surface area contributed by atoms with E-state index in [4.69, 9.17) is 19.6 Å². The fourth-order valence-electron chi connectivity index (χ4n) is 2.85. The van der Waals surface area contributed by atoms with Crippen molar-refractivity contribution >= 4 is 33.7 Å². The van der Waals surface area contributed by atoms with Gasteiger partial charge in [0.1, 0.15) is 6.61 Å². The molecule has 0 radical (unpaired) electrons. The molecule has 0 aliphatic rings. The minimum atomic E-state index is -0.281. The van der Waals surface area contributed by atoms with Crippen LogP contribution in [-0.2, 0) is 16.2 Å². The van der Waals surface area contributed by atoms with Crippen LogP contribution in [0.15, 0.2) is 76.4 Å². The minimum absolute atomic E-state index is 0.170. The Morgan fingerprint density at radius 2 is 1.82 bits per heavy atom. The molecule has 7 nitrogen and oxygen atoms in total. The van der Waals surface area contributed by atoms with Crippen LogP contribution in [0.3, 0.4) is 0 Å². The second-order valence-electron chi connectivity index (χ2n) is 6.73. The molecular weight excluding hydrogens is 486 g/mol. The number of hydrogen-bond donors (Lipinski definition) is 1. The molecule has 0 atom stereocenters. The maximum absolute atomic E-state index is 12.2. The summed E-state index contributed by atoms with van der Waals surface area (Å²) < 4.78 is 12.1. The number of anilines is 1. The fraction of sp³-hybridized carbons (Fsp3) is 0.160. The summed E-state index contributed by atoms with van der Waals surface area (Å²) >= 11 is 3.49. The summed E-state index contributed by atoms with van der Waals surface area (Å²) in [4.78, 5) is 17.6. The fourth-order valence-corrected chi connectivity index (χ4v) is 3.27. The number of ether oxygens (including phenoxy) is 2. The number of hydrogen-bond acceptors (Lipinski definition) is 6. The van der Waals surface area contributed by atoms with Crippen molar-refractivity contribution in [2.24, 2.45) is 5.16 Å². The summed E-state index contributed by atoms with van der Waals surface area (Å²) in [5.74, 6) is 0.619. The Morgan fingerprint density at radius 3 is 2.58 bits per heavy atom. The lowest BCUT2D eigenvalue weighted by molar-refractivity contribution is -0.118. The van der Waals surface area contributed by atoms with E-state index in [1.54, 1.807) is 36.4 Å². The average molecular weight is 508 g/mol. The van der Waals surface area contributed by atoms with E-state index in [0.29, 0.717) is 39.4 Å². The van der Waals surface area contributed by atoms with Gasteiger partial charge in [-0.2, -0.15) is 5.26 Å². The van der Waals surface area contributed by atoms with Crippen LogP contribution >= 0.6 is 15.9 Å². The minimum Gasteiger partial charge on any atom is -0.490 e. The third kappa shape index (κ3) is 7.09. The molecule has 0 fully saturated rings. The average Bonchev–Trinajstić information content (AvgIpc) is 2.83. The molecule has 0 saturated carbocycles. The molecule has 8 heteroatoms. The molecule has 168 valence electrons. The predicted octanol–water partition coefficient (Wildman–Crippen LogP) is 5.29. The third-order valence-corrected chi connectivity index (χ3v) is 5.09. The first-order valence-corrected chi connectivity index (χ1v) is 11.0. The highest BCUT2D eigenvalue weighted by molar-refractivity contribution is 9.10. The van der Waals surface area contributed by atoms with Gasteiger partial charge in [-0.15, -0.1) is 0 Å². The molecule has 0 heterocycles. The van der Waals surface area contributed by atoms with Crippen LogP contribution in [0.25, 0.3) is 0 Å². The Kier molecular flexibility index (Phi) is 8.86. The van der Waals surface area contributed by atoms with Gasteiger partial charge in [-0.05, 0) is 53.2 Å². The van der Waals surface area contributed by atoms with Gasteiger partial charge < -0.3 is 19.6 Å². The maximum Gasteiger partial charge on any atom is 0.262 e. The predicted molar refractivity (Wildman–Crippen MR) is 129 cm³/mol. The summed E-state index contributed by atoms with van der Waals surface area (Å²) in [6.45, 7) is 2.29. The van der Waals surface area contributed by atoms with Gasteiger partial charge in [0, 0.05) is 21.3 Å². The highest BCUT2D eigenvalue weighted by atomic mass is 79.9. The number of carbonyl (C=O) groups is 1. The van der Waals surface area contributed by atoms with Crippen molar-refractivity contribution in [1.82, 2.24) is 0 Å². The van der Waals surface area contributed by atoms with Gasteiger partial charge in [-0.1, -0.05) is 41.6 Å². The number of nitrogens with zero attached hydrogens (tertiary/aromatic N) is 2. The van der Waals surface area contributed by atoms with Crippen LogP contribution < -0.4 is 14.8 Å². The SMILES string of the molecule is CCOc1cc(/C=N\OCc2ccccc2C#N)c(Br)cc1OCC(=O)Nc1ccccc1. The number of amides is 1. The van der Waals surface area contributed by atoms with Gasteiger partial charge in [0.2, 0.25) is 0 Å². The lowest BCUT2D eigenvalue weighted by Gasteiger charge is -2.14. The van der Waals surface area contributed by atoms with Gasteiger partial charge in [-0.25, -0.2) is 0 Å². The van der Waals surface area contributed by atoms with Gasteiger partial charge in [0.15, 0.2) is 18.1 Å². The van der Waals surface area contributed by atoms with E-state index in [-0.39, 0.29) is 19.1 Å². The molecule has 0 aliphatic carbocycles. The van der Waals surface area contributed by atoms with E-state index in [0.717, 1.165) is 5.56 Å². The number of carbonyl (C=O) groups excluding carboxylic acids is 1. The second kappa shape index (κ2) is 12.3. The second-order valence-corrected chi connectivity index (χ2v) is 7.59. The van der Waals surface area contributed by atoms with Crippen molar-refractivity contribution in [1.29, 1.82) is 5.26 Å². The first-order chi connectivity index (χ1) is 16.1. The first-order valence-electron chi connectivity index (χ1n) is 10.2. The number of nitriles is 1. The van der Waals surface area contributed by atoms with Gasteiger partial charge in [0.05, 0.1) is 24.5 Å². The maximum atomic E-state index is 12.2. The van der Waals surface area contributed by atoms with E-state index >= 15 is 0 Å². The molecule has 0 spiro atoms. The van der Waals surface area contributed by atoms with Crippen molar-refractivity contribution in [3.63, 3.8) is 0 Å². The largest absolute Gasteiger partial charge is 0.490 e. The van der Waals surface area contributed by atoms with Crippen molar-refractivity contribution in [2.45, 2.75) is 13.5 Å².